The van der Waals surface area contributed by atoms with Gasteiger partial charge in [-0.25, -0.2) is 4.39 Å². The summed E-state index contributed by atoms with van der Waals surface area (Å²) >= 11 is 0. The second kappa shape index (κ2) is 5.74. The molecule has 0 bridgehead atoms. The monoisotopic (exact) mass is 272 g/mol. The molecule has 3 N–H and O–H groups in total. The molecule has 0 aromatic heterocycles. The Morgan fingerprint density at radius 3 is 2.45 bits per heavy atom. The van der Waals surface area contributed by atoms with Gasteiger partial charge in [-0.15, -0.1) is 0 Å². The SMILES string of the molecule is Cc1ccc(C(=O)NC(C)c2ccc(F)cc2)c(N)c1. The number of hydrogen-bond acceptors (Lipinski definition) is 2. The van der Waals surface area contributed by atoms with Gasteiger partial charge in [-0.2, -0.15) is 0 Å². The van der Waals surface area contributed by atoms with Gasteiger partial charge in [0.25, 0.3) is 5.91 Å². The summed E-state index contributed by atoms with van der Waals surface area (Å²) in [5.41, 5.74) is 8.59. The number of carbonyl (C=O) groups excluding carboxylic acids is 1. The van der Waals surface area contributed by atoms with E-state index in [1.54, 1.807) is 24.3 Å². The first kappa shape index (κ1) is 14.1. The highest BCUT2D eigenvalue weighted by atomic mass is 19.1. The van der Waals surface area contributed by atoms with Gasteiger partial charge in [-0.1, -0.05) is 18.2 Å². The maximum Gasteiger partial charge on any atom is 0.253 e. The Bertz CT molecular complexity index is 623. The number of carbonyl (C=O) groups is 1. The predicted molar refractivity (Wildman–Crippen MR) is 77.9 cm³/mol. The molecule has 0 radical (unpaired) electrons. The zero-order valence-corrected chi connectivity index (χ0v) is 11.5. The van der Waals surface area contributed by atoms with Gasteiger partial charge in [0.1, 0.15) is 5.82 Å². The van der Waals surface area contributed by atoms with Crippen LogP contribution < -0.4 is 11.1 Å². The molecule has 2 aromatic rings. The van der Waals surface area contributed by atoms with E-state index in [4.69, 9.17) is 5.73 Å². The van der Waals surface area contributed by atoms with Crippen LogP contribution in [0.5, 0.6) is 0 Å². The molecule has 3 nitrogen and oxygen atoms in total. The van der Waals surface area contributed by atoms with Crippen LogP contribution in [0.4, 0.5) is 10.1 Å². The molecule has 0 aliphatic carbocycles. The zero-order chi connectivity index (χ0) is 14.7. The number of aryl methyl sites for hydroxylation is 1. The molecule has 0 heterocycles. The summed E-state index contributed by atoms with van der Waals surface area (Å²) < 4.78 is 12.9. The van der Waals surface area contributed by atoms with Crippen LogP contribution in [0, 0.1) is 12.7 Å². The van der Waals surface area contributed by atoms with Gasteiger partial charge in [0.15, 0.2) is 0 Å². The number of nitrogens with two attached hydrogens (primary N) is 1. The summed E-state index contributed by atoms with van der Waals surface area (Å²) in [6, 6.07) is 11.1. The first-order valence-electron chi connectivity index (χ1n) is 6.40. The molecular weight excluding hydrogens is 255 g/mol. The Balaban J connectivity index is 2.13. The van der Waals surface area contributed by atoms with Crippen LogP contribution in [0.1, 0.15) is 34.5 Å². The van der Waals surface area contributed by atoms with E-state index >= 15 is 0 Å². The zero-order valence-electron chi connectivity index (χ0n) is 11.5. The smallest absolute Gasteiger partial charge is 0.253 e. The average molecular weight is 272 g/mol. The lowest BCUT2D eigenvalue weighted by molar-refractivity contribution is 0.0941. The van der Waals surface area contributed by atoms with Crippen molar-refractivity contribution in [3.63, 3.8) is 0 Å². The molecule has 1 atom stereocenters. The van der Waals surface area contributed by atoms with Crippen LogP contribution in [-0.4, -0.2) is 5.91 Å². The van der Waals surface area contributed by atoms with Gasteiger partial charge < -0.3 is 11.1 Å². The third-order valence-corrected chi connectivity index (χ3v) is 3.17. The number of nitrogens with one attached hydrogen (secondary N) is 1. The Hall–Kier alpha value is -2.36. The molecule has 1 unspecified atom stereocenters. The van der Waals surface area contributed by atoms with E-state index in [1.165, 1.54) is 12.1 Å². The van der Waals surface area contributed by atoms with Crippen LogP contribution in [0.2, 0.25) is 0 Å². The minimum atomic E-state index is -0.296. The summed E-state index contributed by atoms with van der Waals surface area (Å²) in [7, 11) is 0. The van der Waals surface area contributed by atoms with Crippen molar-refractivity contribution in [1.29, 1.82) is 0 Å². The van der Waals surface area contributed by atoms with E-state index in [9.17, 15) is 9.18 Å². The lowest BCUT2D eigenvalue weighted by Gasteiger charge is -2.15. The molecule has 0 spiro atoms. The Morgan fingerprint density at radius 1 is 1.20 bits per heavy atom. The summed E-state index contributed by atoms with van der Waals surface area (Å²) in [5.74, 6) is -0.533. The fourth-order valence-electron chi connectivity index (χ4n) is 2.00. The van der Waals surface area contributed by atoms with Crippen molar-refractivity contribution in [2.75, 3.05) is 5.73 Å². The highest BCUT2D eigenvalue weighted by molar-refractivity contribution is 5.99. The molecule has 0 saturated heterocycles. The third-order valence-electron chi connectivity index (χ3n) is 3.17. The second-order valence-corrected chi connectivity index (χ2v) is 4.84. The predicted octanol–water partition coefficient (Wildman–Crippen LogP) is 3.21. The van der Waals surface area contributed by atoms with Gasteiger partial charge >= 0.3 is 0 Å². The maximum absolute atomic E-state index is 12.9. The first-order valence-corrected chi connectivity index (χ1v) is 6.40. The molecule has 2 rings (SSSR count). The quantitative estimate of drug-likeness (QED) is 0.843. The fourth-order valence-corrected chi connectivity index (χ4v) is 2.00. The van der Waals surface area contributed by atoms with E-state index < -0.39 is 0 Å². The Labute approximate surface area is 117 Å². The molecule has 4 heteroatoms. The van der Waals surface area contributed by atoms with Crippen molar-refractivity contribution in [2.45, 2.75) is 19.9 Å². The van der Waals surface area contributed by atoms with Gasteiger partial charge in [0, 0.05) is 5.69 Å². The van der Waals surface area contributed by atoms with E-state index in [1.807, 2.05) is 19.9 Å². The molecule has 0 fully saturated rings. The number of rotatable bonds is 3. The lowest BCUT2D eigenvalue weighted by atomic mass is 10.1. The van der Waals surface area contributed by atoms with Crippen LogP contribution in [0.15, 0.2) is 42.5 Å². The molecule has 0 saturated carbocycles. The largest absolute Gasteiger partial charge is 0.398 e. The van der Waals surface area contributed by atoms with Crippen LogP contribution in [0.3, 0.4) is 0 Å². The van der Waals surface area contributed by atoms with E-state index in [0.717, 1.165) is 11.1 Å². The van der Waals surface area contributed by atoms with Crippen LogP contribution in [0.25, 0.3) is 0 Å². The van der Waals surface area contributed by atoms with E-state index in [0.29, 0.717) is 11.3 Å². The van der Waals surface area contributed by atoms with Gasteiger partial charge in [0.05, 0.1) is 11.6 Å². The number of hydrogen-bond donors (Lipinski definition) is 2. The number of benzene rings is 2. The number of amides is 1. The fraction of sp³-hybridized carbons (Fsp3) is 0.188. The Morgan fingerprint density at radius 2 is 1.85 bits per heavy atom. The standard InChI is InChI=1S/C16H17FN2O/c1-10-3-8-14(15(18)9-10)16(20)19-11(2)12-4-6-13(17)7-5-12/h3-9,11H,18H2,1-2H3,(H,19,20). The van der Waals surface area contributed by atoms with Crippen molar-refractivity contribution in [1.82, 2.24) is 5.32 Å². The van der Waals surface area contributed by atoms with Crippen molar-refractivity contribution in [3.05, 3.63) is 65.0 Å². The van der Waals surface area contributed by atoms with Crippen LogP contribution in [-0.2, 0) is 0 Å². The molecule has 0 aliphatic rings. The van der Waals surface area contributed by atoms with Gasteiger partial charge in [-0.05, 0) is 49.2 Å². The average Bonchev–Trinajstić information content (AvgIpc) is 2.39. The number of halogens is 1. The topological polar surface area (TPSA) is 55.1 Å². The first-order chi connectivity index (χ1) is 9.47. The molecular formula is C16H17FN2O. The second-order valence-electron chi connectivity index (χ2n) is 4.84. The van der Waals surface area contributed by atoms with Crippen molar-refractivity contribution in [2.24, 2.45) is 0 Å². The van der Waals surface area contributed by atoms with Crippen molar-refractivity contribution < 1.29 is 9.18 Å². The summed E-state index contributed by atoms with van der Waals surface area (Å²) in [5, 5.41) is 2.85. The van der Waals surface area contributed by atoms with E-state index in [-0.39, 0.29) is 17.8 Å². The Kier molecular flexibility index (Phi) is 4.03. The molecule has 104 valence electrons. The molecule has 0 aliphatic heterocycles. The minimum absolute atomic E-state index is 0.219. The van der Waals surface area contributed by atoms with Gasteiger partial charge in [0.2, 0.25) is 0 Å². The normalized spacial score (nSPS) is 11.9. The number of nitrogen functional groups attached to an aromatic ring is 1. The lowest BCUT2D eigenvalue weighted by Crippen LogP contribution is -2.27. The summed E-state index contributed by atoms with van der Waals surface area (Å²) in [6.07, 6.45) is 0. The summed E-state index contributed by atoms with van der Waals surface area (Å²) in [4.78, 5) is 12.2. The molecule has 2 aromatic carbocycles. The molecule has 20 heavy (non-hydrogen) atoms. The number of anilines is 1. The summed E-state index contributed by atoms with van der Waals surface area (Å²) in [6.45, 7) is 3.76. The van der Waals surface area contributed by atoms with E-state index in [2.05, 4.69) is 5.32 Å². The maximum atomic E-state index is 12.9. The minimum Gasteiger partial charge on any atom is -0.398 e. The third kappa shape index (κ3) is 3.15. The van der Waals surface area contributed by atoms with Gasteiger partial charge in [-0.3, -0.25) is 4.79 Å². The molecule has 1 amide bonds. The van der Waals surface area contributed by atoms with Crippen molar-refractivity contribution in [3.8, 4) is 0 Å². The van der Waals surface area contributed by atoms with Crippen molar-refractivity contribution >= 4 is 11.6 Å². The van der Waals surface area contributed by atoms with Crippen LogP contribution >= 0.6 is 0 Å². The highest BCUT2D eigenvalue weighted by Gasteiger charge is 2.13. The highest BCUT2D eigenvalue weighted by Crippen LogP contribution is 2.17.